The molecule has 0 radical (unpaired) electrons. The molecule has 152 valence electrons. The number of rotatable bonds is 5. The number of hydrogen-bond acceptors (Lipinski definition) is 6. The second-order valence-electron chi connectivity index (χ2n) is 7.95. The van der Waals surface area contributed by atoms with Gasteiger partial charge in [0.05, 0.1) is 16.8 Å². The molecule has 0 bridgehead atoms. The second kappa shape index (κ2) is 7.97. The Morgan fingerprint density at radius 1 is 1.13 bits per heavy atom. The average Bonchev–Trinajstić information content (AvgIpc) is 2.70. The lowest BCUT2D eigenvalue weighted by Gasteiger charge is -2.19. The maximum atomic E-state index is 9.41. The molecule has 0 saturated heterocycles. The van der Waals surface area contributed by atoms with E-state index in [4.69, 9.17) is 11.5 Å². The zero-order valence-electron chi connectivity index (χ0n) is 17.7. The minimum atomic E-state index is -0.536. The molecule has 0 saturated carbocycles. The SMILES string of the molecule is C=C(Nc1ccc(C)c(-c2cnc(N)c(C#N)c2C)c1)c1ccnc(C(C)(C)N)c1. The van der Waals surface area contributed by atoms with Gasteiger partial charge in [-0.05, 0) is 68.7 Å². The minimum absolute atomic E-state index is 0.246. The standard InChI is InChI=1S/C24H26N6/c1-14-6-7-18(11-19(14)21-13-29-23(26)20(12-25)15(21)2)30-16(3)17-8-9-28-22(10-17)24(4,5)27/h6-11,13,30H,3,27H2,1-2,4-5H3,(H2,26,29). The summed E-state index contributed by atoms with van der Waals surface area (Å²) in [5.41, 5.74) is 19.0. The highest BCUT2D eigenvalue weighted by Gasteiger charge is 2.17. The van der Waals surface area contributed by atoms with Crippen molar-refractivity contribution in [2.45, 2.75) is 33.2 Å². The fraction of sp³-hybridized carbons (Fsp3) is 0.208. The number of anilines is 2. The number of aryl methyl sites for hydroxylation is 1. The number of pyridine rings is 2. The van der Waals surface area contributed by atoms with Crippen molar-refractivity contribution >= 4 is 17.2 Å². The van der Waals surface area contributed by atoms with Crippen LogP contribution in [-0.4, -0.2) is 9.97 Å². The lowest BCUT2D eigenvalue weighted by molar-refractivity contribution is 0.535. The third kappa shape index (κ3) is 4.17. The molecule has 0 aliphatic heterocycles. The van der Waals surface area contributed by atoms with Gasteiger partial charge in [0, 0.05) is 34.9 Å². The molecule has 3 aromatic rings. The third-order valence-corrected chi connectivity index (χ3v) is 5.07. The second-order valence-corrected chi connectivity index (χ2v) is 7.95. The van der Waals surface area contributed by atoms with Gasteiger partial charge in [0.15, 0.2) is 0 Å². The average molecular weight is 399 g/mol. The number of nitrogen functional groups attached to an aromatic ring is 1. The molecule has 30 heavy (non-hydrogen) atoms. The van der Waals surface area contributed by atoms with Crippen LogP contribution in [0.3, 0.4) is 0 Å². The number of nitriles is 1. The van der Waals surface area contributed by atoms with Crippen LogP contribution in [0.4, 0.5) is 11.5 Å². The van der Waals surface area contributed by atoms with Crippen LogP contribution in [-0.2, 0) is 5.54 Å². The van der Waals surface area contributed by atoms with Gasteiger partial charge in [0.25, 0.3) is 0 Å². The summed E-state index contributed by atoms with van der Waals surface area (Å²) in [4.78, 5) is 8.56. The van der Waals surface area contributed by atoms with Crippen molar-refractivity contribution in [2.24, 2.45) is 5.73 Å². The van der Waals surface area contributed by atoms with Gasteiger partial charge in [-0.1, -0.05) is 12.6 Å². The first-order valence-electron chi connectivity index (χ1n) is 9.59. The first-order chi connectivity index (χ1) is 14.1. The first kappa shape index (κ1) is 21.0. The summed E-state index contributed by atoms with van der Waals surface area (Å²) in [7, 11) is 0. The molecule has 6 nitrogen and oxygen atoms in total. The Balaban J connectivity index is 1.96. The van der Waals surface area contributed by atoms with Crippen LogP contribution in [0.5, 0.6) is 0 Å². The normalized spacial score (nSPS) is 11.1. The summed E-state index contributed by atoms with van der Waals surface area (Å²) in [5, 5.41) is 12.8. The Hall–Kier alpha value is -3.69. The highest BCUT2D eigenvalue weighted by molar-refractivity contribution is 5.81. The Labute approximate surface area is 177 Å². The third-order valence-electron chi connectivity index (χ3n) is 5.07. The zero-order valence-corrected chi connectivity index (χ0v) is 17.7. The Morgan fingerprint density at radius 2 is 1.87 bits per heavy atom. The van der Waals surface area contributed by atoms with Crippen molar-refractivity contribution in [1.29, 1.82) is 5.26 Å². The molecule has 0 fully saturated rings. The lowest BCUT2D eigenvalue weighted by atomic mass is 9.95. The number of hydrogen-bond donors (Lipinski definition) is 3. The monoisotopic (exact) mass is 398 g/mol. The van der Waals surface area contributed by atoms with Crippen molar-refractivity contribution < 1.29 is 0 Å². The van der Waals surface area contributed by atoms with Crippen LogP contribution in [0, 0.1) is 25.2 Å². The summed E-state index contributed by atoms with van der Waals surface area (Å²) in [6.07, 6.45) is 3.45. The van der Waals surface area contributed by atoms with Crippen LogP contribution in [0.15, 0.2) is 49.3 Å². The molecule has 0 atom stereocenters. The van der Waals surface area contributed by atoms with Crippen molar-refractivity contribution in [3.63, 3.8) is 0 Å². The predicted molar refractivity (Wildman–Crippen MR) is 122 cm³/mol. The van der Waals surface area contributed by atoms with Gasteiger partial charge >= 0.3 is 0 Å². The van der Waals surface area contributed by atoms with Gasteiger partial charge in [-0.25, -0.2) is 4.98 Å². The molecule has 0 aliphatic carbocycles. The van der Waals surface area contributed by atoms with Gasteiger partial charge < -0.3 is 16.8 Å². The van der Waals surface area contributed by atoms with E-state index < -0.39 is 5.54 Å². The van der Waals surface area contributed by atoms with Gasteiger partial charge in [-0.15, -0.1) is 0 Å². The fourth-order valence-corrected chi connectivity index (χ4v) is 3.24. The van der Waals surface area contributed by atoms with Crippen molar-refractivity contribution in [3.8, 4) is 17.2 Å². The number of aromatic nitrogens is 2. The molecule has 0 spiro atoms. The first-order valence-corrected chi connectivity index (χ1v) is 9.59. The molecular weight excluding hydrogens is 372 g/mol. The Bertz CT molecular complexity index is 1170. The Kier molecular flexibility index (Phi) is 5.59. The van der Waals surface area contributed by atoms with E-state index in [9.17, 15) is 5.26 Å². The largest absolute Gasteiger partial charge is 0.383 e. The molecule has 2 aromatic heterocycles. The summed E-state index contributed by atoms with van der Waals surface area (Å²) >= 11 is 0. The van der Waals surface area contributed by atoms with Crippen LogP contribution in [0.25, 0.3) is 16.8 Å². The Morgan fingerprint density at radius 3 is 2.53 bits per heavy atom. The highest BCUT2D eigenvalue weighted by atomic mass is 14.9. The fourth-order valence-electron chi connectivity index (χ4n) is 3.24. The topological polar surface area (TPSA) is 114 Å². The van der Waals surface area contributed by atoms with Crippen molar-refractivity contribution in [1.82, 2.24) is 9.97 Å². The van der Waals surface area contributed by atoms with Crippen LogP contribution in [0.2, 0.25) is 0 Å². The molecule has 3 rings (SSSR count). The van der Waals surface area contributed by atoms with Gasteiger partial charge in [0.1, 0.15) is 11.9 Å². The van der Waals surface area contributed by atoms with Gasteiger partial charge in [0.2, 0.25) is 0 Å². The quantitative estimate of drug-likeness (QED) is 0.583. The summed E-state index contributed by atoms with van der Waals surface area (Å²) in [5.74, 6) is 0.246. The number of nitrogens with two attached hydrogens (primary N) is 2. The molecule has 0 unspecified atom stereocenters. The van der Waals surface area contributed by atoms with E-state index >= 15 is 0 Å². The van der Waals surface area contributed by atoms with Gasteiger partial charge in [-0.3, -0.25) is 4.98 Å². The number of nitrogens with one attached hydrogen (secondary N) is 1. The van der Waals surface area contributed by atoms with Crippen molar-refractivity contribution in [3.05, 3.63) is 77.3 Å². The minimum Gasteiger partial charge on any atom is -0.383 e. The molecule has 6 heteroatoms. The van der Waals surface area contributed by atoms with E-state index in [1.54, 1.807) is 12.4 Å². The smallest absolute Gasteiger partial charge is 0.141 e. The molecular formula is C24H26N6. The maximum Gasteiger partial charge on any atom is 0.141 e. The highest BCUT2D eigenvalue weighted by Crippen LogP contribution is 2.32. The maximum absolute atomic E-state index is 9.41. The van der Waals surface area contributed by atoms with E-state index in [2.05, 4.69) is 27.9 Å². The van der Waals surface area contributed by atoms with Crippen LogP contribution >= 0.6 is 0 Å². The summed E-state index contributed by atoms with van der Waals surface area (Å²) in [6.45, 7) is 11.9. The molecule has 1 aromatic carbocycles. The summed E-state index contributed by atoms with van der Waals surface area (Å²) in [6, 6.07) is 12.0. The van der Waals surface area contributed by atoms with Crippen LogP contribution in [0.1, 0.15) is 41.8 Å². The van der Waals surface area contributed by atoms with Crippen LogP contribution < -0.4 is 16.8 Å². The lowest BCUT2D eigenvalue weighted by Crippen LogP contribution is -2.29. The zero-order chi connectivity index (χ0) is 22.1. The van der Waals surface area contributed by atoms with Gasteiger partial charge in [-0.2, -0.15) is 5.26 Å². The predicted octanol–water partition coefficient (Wildman–Crippen LogP) is 4.49. The van der Waals surface area contributed by atoms with E-state index in [1.165, 1.54) is 0 Å². The van der Waals surface area contributed by atoms with E-state index in [-0.39, 0.29) is 5.82 Å². The van der Waals surface area contributed by atoms with Crippen molar-refractivity contribution in [2.75, 3.05) is 11.1 Å². The van der Waals surface area contributed by atoms with E-state index in [0.29, 0.717) is 5.56 Å². The molecule has 0 amide bonds. The summed E-state index contributed by atoms with van der Waals surface area (Å²) < 4.78 is 0. The number of nitrogens with zero attached hydrogens (tertiary/aromatic N) is 3. The number of benzene rings is 1. The molecule has 2 heterocycles. The molecule has 5 N–H and O–H groups in total. The molecule has 0 aliphatic rings. The van der Waals surface area contributed by atoms with E-state index in [0.717, 1.165) is 44.9 Å². The van der Waals surface area contributed by atoms with E-state index in [1.807, 2.05) is 58.0 Å².